The van der Waals surface area contributed by atoms with Gasteiger partial charge in [0.05, 0.1) is 11.0 Å². The molecule has 0 N–H and O–H groups in total. The summed E-state index contributed by atoms with van der Waals surface area (Å²) in [6, 6.07) is 69.1. The number of hydrogen-bond donors (Lipinski definition) is 0. The number of aromatic nitrogens is 1. The summed E-state index contributed by atoms with van der Waals surface area (Å²) < 4.78 is 8.57. The zero-order chi connectivity index (χ0) is 33.7. The highest BCUT2D eigenvalue weighted by Crippen LogP contribution is 2.40. The van der Waals surface area contributed by atoms with Crippen molar-refractivity contribution in [3.8, 4) is 27.9 Å². The average Bonchev–Trinajstić information content (AvgIpc) is 3.75. The van der Waals surface area contributed by atoms with E-state index in [9.17, 15) is 0 Å². The van der Waals surface area contributed by atoms with Gasteiger partial charge in [-0.2, -0.15) is 0 Å². The Kier molecular flexibility index (Phi) is 6.81. The largest absolute Gasteiger partial charge is 0.456 e. The highest BCUT2D eigenvalue weighted by atomic mass is 16.3. The highest BCUT2D eigenvalue weighted by Gasteiger charge is 2.17. The second-order valence-corrected chi connectivity index (χ2v) is 13.0. The number of benzene rings is 8. The molecule has 10 rings (SSSR count). The number of hydrogen-bond acceptors (Lipinski definition) is 2. The van der Waals surface area contributed by atoms with Crippen LogP contribution in [-0.2, 0) is 0 Å². The molecule has 0 bridgehead atoms. The maximum absolute atomic E-state index is 6.20. The lowest BCUT2D eigenvalue weighted by molar-refractivity contribution is 0.669. The van der Waals surface area contributed by atoms with E-state index in [0.717, 1.165) is 50.3 Å². The Morgan fingerprint density at radius 1 is 0.373 bits per heavy atom. The van der Waals surface area contributed by atoms with E-state index in [0.29, 0.717) is 0 Å². The molecule has 240 valence electrons. The molecule has 0 saturated carbocycles. The quantitative estimate of drug-likeness (QED) is 0.178. The molecule has 2 heterocycles. The van der Waals surface area contributed by atoms with Gasteiger partial charge in [0.25, 0.3) is 0 Å². The Hall–Kier alpha value is -6.84. The average molecular weight is 653 g/mol. The van der Waals surface area contributed by atoms with Gasteiger partial charge in [-0.1, -0.05) is 121 Å². The van der Waals surface area contributed by atoms with Crippen LogP contribution in [0, 0.1) is 0 Å². The van der Waals surface area contributed by atoms with Crippen LogP contribution < -0.4 is 4.90 Å². The first-order valence-electron chi connectivity index (χ1n) is 17.4. The van der Waals surface area contributed by atoms with Crippen molar-refractivity contribution in [1.82, 2.24) is 4.57 Å². The van der Waals surface area contributed by atoms with Crippen molar-refractivity contribution in [1.29, 1.82) is 0 Å². The maximum atomic E-state index is 6.20. The molecule has 0 spiro atoms. The molecular formula is C48H32N2O. The smallest absolute Gasteiger partial charge is 0.136 e. The summed E-state index contributed by atoms with van der Waals surface area (Å²) in [6.07, 6.45) is 0. The number of fused-ring (bicyclic) bond motifs is 6. The molecule has 0 aliphatic carbocycles. The summed E-state index contributed by atoms with van der Waals surface area (Å²) in [5, 5.41) is 4.81. The van der Waals surface area contributed by atoms with Gasteiger partial charge in [-0.15, -0.1) is 0 Å². The second kappa shape index (κ2) is 11.9. The van der Waals surface area contributed by atoms with E-state index in [-0.39, 0.29) is 0 Å². The summed E-state index contributed by atoms with van der Waals surface area (Å²) in [4.78, 5) is 2.34. The van der Waals surface area contributed by atoms with E-state index < -0.39 is 0 Å². The van der Waals surface area contributed by atoms with Crippen LogP contribution in [0.5, 0.6) is 0 Å². The van der Waals surface area contributed by atoms with Crippen molar-refractivity contribution in [2.45, 2.75) is 0 Å². The van der Waals surface area contributed by atoms with E-state index in [1.165, 1.54) is 38.5 Å². The molecule has 8 aromatic carbocycles. The molecule has 0 amide bonds. The lowest BCUT2D eigenvalue weighted by atomic mass is 9.96. The van der Waals surface area contributed by atoms with Crippen molar-refractivity contribution in [2.24, 2.45) is 0 Å². The van der Waals surface area contributed by atoms with E-state index in [4.69, 9.17) is 4.42 Å². The Balaban J connectivity index is 1.05. The highest BCUT2D eigenvalue weighted by molar-refractivity contribution is 6.12. The van der Waals surface area contributed by atoms with Gasteiger partial charge in [0.1, 0.15) is 11.2 Å². The van der Waals surface area contributed by atoms with Crippen LogP contribution in [0.4, 0.5) is 17.1 Å². The Bertz CT molecular complexity index is 2810. The molecule has 0 atom stereocenters. The minimum atomic E-state index is 0.909. The number of anilines is 3. The number of para-hydroxylation sites is 4. The van der Waals surface area contributed by atoms with E-state index in [1.54, 1.807) is 0 Å². The molecule has 0 unspecified atom stereocenters. The first-order valence-corrected chi connectivity index (χ1v) is 17.4. The van der Waals surface area contributed by atoms with Crippen molar-refractivity contribution in [2.75, 3.05) is 4.90 Å². The molecule has 0 fully saturated rings. The predicted octanol–water partition coefficient (Wildman–Crippen LogP) is 13.5. The third-order valence-electron chi connectivity index (χ3n) is 9.98. The van der Waals surface area contributed by atoms with E-state index >= 15 is 0 Å². The minimum Gasteiger partial charge on any atom is -0.456 e. The van der Waals surface area contributed by atoms with Gasteiger partial charge in [0.15, 0.2) is 0 Å². The second-order valence-electron chi connectivity index (χ2n) is 13.0. The molecule has 10 aromatic rings. The third-order valence-corrected chi connectivity index (χ3v) is 9.98. The third kappa shape index (κ3) is 4.90. The Morgan fingerprint density at radius 2 is 0.961 bits per heavy atom. The molecule has 3 heteroatoms. The number of nitrogens with zero attached hydrogens (tertiary/aromatic N) is 2. The summed E-state index contributed by atoms with van der Waals surface area (Å²) >= 11 is 0. The lowest BCUT2D eigenvalue weighted by Crippen LogP contribution is -2.10. The maximum Gasteiger partial charge on any atom is 0.136 e. The Labute approximate surface area is 295 Å². The zero-order valence-electron chi connectivity index (χ0n) is 27.8. The van der Waals surface area contributed by atoms with Crippen molar-refractivity contribution < 1.29 is 4.42 Å². The van der Waals surface area contributed by atoms with Gasteiger partial charge in [0.2, 0.25) is 0 Å². The van der Waals surface area contributed by atoms with Gasteiger partial charge >= 0.3 is 0 Å². The van der Waals surface area contributed by atoms with Gasteiger partial charge in [0, 0.05) is 44.3 Å². The Morgan fingerprint density at radius 3 is 1.75 bits per heavy atom. The van der Waals surface area contributed by atoms with Crippen LogP contribution in [0.2, 0.25) is 0 Å². The van der Waals surface area contributed by atoms with Gasteiger partial charge in [-0.25, -0.2) is 0 Å². The summed E-state index contributed by atoms with van der Waals surface area (Å²) in [5.74, 6) is 0. The normalized spacial score (nSPS) is 11.5. The monoisotopic (exact) mass is 652 g/mol. The van der Waals surface area contributed by atoms with Crippen LogP contribution in [0.3, 0.4) is 0 Å². The van der Waals surface area contributed by atoms with Crippen LogP contribution in [0.15, 0.2) is 199 Å². The van der Waals surface area contributed by atoms with Crippen LogP contribution in [0.1, 0.15) is 0 Å². The van der Waals surface area contributed by atoms with Crippen molar-refractivity contribution >= 4 is 60.8 Å². The molecule has 51 heavy (non-hydrogen) atoms. The van der Waals surface area contributed by atoms with Crippen LogP contribution in [0.25, 0.3) is 71.7 Å². The molecule has 0 saturated heterocycles. The zero-order valence-corrected chi connectivity index (χ0v) is 27.8. The first-order chi connectivity index (χ1) is 25.3. The van der Waals surface area contributed by atoms with Crippen molar-refractivity contribution in [3.63, 3.8) is 0 Å². The van der Waals surface area contributed by atoms with Crippen LogP contribution >= 0.6 is 0 Å². The lowest BCUT2D eigenvalue weighted by Gasteiger charge is -2.26. The molecule has 2 aromatic heterocycles. The SMILES string of the molecule is c1ccc(N(c2ccc(-c3cccc(-c4cccc5oc6ccccc6c45)c3)cc2)c2cccc(-n3c4ccccc4c4ccccc43)c2)cc1. The van der Waals surface area contributed by atoms with E-state index in [2.05, 4.69) is 191 Å². The fraction of sp³-hybridized carbons (Fsp3) is 0. The first kappa shape index (κ1) is 29.1. The molecule has 0 aliphatic rings. The van der Waals surface area contributed by atoms with Gasteiger partial charge in [-0.05, 0) is 95.1 Å². The minimum absolute atomic E-state index is 0.909. The van der Waals surface area contributed by atoms with Gasteiger partial charge < -0.3 is 13.9 Å². The molecule has 0 radical (unpaired) electrons. The fourth-order valence-corrected chi connectivity index (χ4v) is 7.68. The molecular weight excluding hydrogens is 621 g/mol. The van der Waals surface area contributed by atoms with E-state index in [1.807, 2.05) is 12.1 Å². The van der Waals surface area contributed by atoms with Crippen LogP contribution in [-0.4, -0.2) is 4.57 Å². The summed E-state index contributed by atoms with van der Waals surface area (Å²) in [5.41, 5.74) is 13.3. The predicted molar refractivity (Wildman–Crippen MR) is 214 cm³/mol. The topological polar surface area (TPSA) is 21.3 Å². The van der Waals surface area contributed by atoms with Gasteiger partial charge in [-0.3, -0.25) is 0 Å². The summed E-state index contributed by atoms with van der Waals surface area (Å²) in [7, 11) is 0. The molecule has 0 aliphatic heterocycles. The fourth-order valence-electron chi connectivity index (χ4n) is 7.68. The number of rotatable bonds is 6. The standard InChI is InChI=1S/C48H32N2O/c1-2-15-36(16-3-1)49(38-17-11-18-39(32-38)50-44-23-7-4-19-41(44)42-20-5-8-24-45(42)50)37-29-27-33(28-30-37)34-13-10-14-35(31-34)40-22-12-26-47-48(40)43-21-6-9-25-46(43)51-47/h1-32H. The van der Waals surface area contributed by atoms with Crippen molar-refractivity contribution in [3.05, 3.63) is 194 Å². The molecule has 3 nitrogen and oxygen atoms in total. The number of furan rings is 1. The summed E-state index contributed by atoms with van der Waals surface area (Å²) in [6.45, 7) is 0.